The lowest BCUT2D eigenvalue weighted by Gasteiger charge is -2.06. The number of rotatable bonds is 4. The number of aromatic nitrogens is 1. The number of carboxylic acid groups (broad SMARTS) is 1. The van der Waals surface area contributed by atoms with Crippen LogP contribution < -0.4 is 5.32 Å². The summed E-state index contributed by atoms with van der Waals surface area (Å²) in [6, 6.07) is 8.43. The Morgan fingerprint density at radius 1 is 1.14 bits per heavy atom. The standard InChI is InChI=1S/C14H10Br2N2O3/c15-9-3-8(4-10(16)5-9)14(21)18-12-2-1-11(17-7-12)6-13(19)20/h1-5,7H,6H2,(H,18,21)(H,19,20). The van der Waals surface area contributed by atoms with Crippen LogP contribution in [0.3, 0.4) is 0 Å². The average Bonchev–Trinajstić information content (AvgIpc) is 2.39. The lowest BCUT2D eigenvalue weighted by molar-refractivity contribution is -0.136. The zero-order valence-corrected chi connectivity index (χ0v) is 13.8. The van der Waals surface area contributed by atoms with Crippen LogP contribution in [0, 0.1) is 0 Å². The number of benzene rings is 1. The smallest absolute Gasteiger partial charge is 0.309 e. The minimum absolute atomic E-state index is 0.146. The maximum atomic E-state index is 12.1. The molecule has 0 saturated heterocycles. The second-order valence-electron chi connectivity index (χ2n) is 4.22. The number of amides is 1. The highest BCUT2D eigenvalue weighted by molar-refractivity contribution is 9.11. The van der Waals surface area contributed by atoms with Crippen molar-refractivity contribution >= 4 is 49.4 Å². The number of halogens is 2. The fraction of sp³-hybridized carbons (Fsp3) is 0.0714. The van der Waals surface area contributed by atoms with E-state index in [0.29, 0.717) is 16.9 Å². The van der Waals surface area contributed by atoms with E-state index in [1.54, 1.807) is 24.3 Å². The molecule has 5 nitrogen and oxygen atoms in total. The molecule has 2 rings (SSSR count). The number of carboxylic acids is 1. The zero-order chi connectivity index (χ0) is 15.4. The first-order valence-corrected chi connectivity index (χ1v) is 7.47. The second-order valence-corrected chi connectivity index (χ2v) is 6.05. The molecule has 7 heteroatoms. The first kappa shape index (κ1) is 15.7. The number of nitrogens with one attached hydrogen (secondary N) is 1. The van der Waals surface area contributed by atoms with Crippen molar-refractivity contribution in [2.75, 3.05) is 5.32 Å². The van der Waals surface area contributed by atoms with Gasteiger partial charge in [-0.1, -0.05) is 31.9 Å². The number of anilines is 1. The van der Waals surface area contributed by atoms with Crippen molar-refractivity contribution in [1.29, 1.82) is 0 Å². The quantitative estimate of drug-likeness (QED) is 0.803. The van der Waals surface area contributed by atoms with E-state index in [9.17, 15) is 9.59 Å². The Labute approximate surface area is 137 Å². The molecule has 108 valence electrons. The summed E-state index contributed by atoms with van der Waals surface area (Å²) in [4.78, 5) is 26.7. The molecule has 0 saturated carbocycles. The molecule has 21 heavy (non-hydrogen) atoms. The Morgan fingerprint density at radius 2 is 1.81 bits per heavy atom. The van der Waals surface area contributed by atoms with E-state index in [1.807, 2.05) is 6.07 Å². The lowest BCUT2D eigenvalue weighted by Crippen LogP contribution is -2.12. The number of pyridine rings is 1. The molecule has 1 aromatic carbocycles. The Kier molecular flexibility index (Phi) is 5.08. The highest BCUT2D eigenvalue weighted by Crippen LogP contribution is 2.21. The van der Waals surface area contributed by atoms with E-state index in [1.165, 1.54) is 6.20 Å². The predicted octanol–water partition coefficient (Wildman–Crippen LogP) is 3.49. The van der Waals surface area contributed by atoms with Gasteiger partial charge in [0.05, 0.1) is 24.0 Å². The Hall–Kier alpha value is -1.73. The fourth-order valence-corrected chi connectivity index (χ4v) is 2.94. The van der Waals surface area contributed by atoms with Crippen LogP contribution >= 0.6 is 31.9 Å². The minimum atomic E-state index is -0.946. The molecule has 1 amide bonds. The van der Waals surface area contributed by atoms with Gasteiger partial charge in [-0.2, -0.15) is 0 Å². The van der Waals surface area contributed by atoms with Crippen molar-refractivity contribution in [2.45, 2.75) is 6.42 Å². The van der Waals surface area contributed by atoms with E-state index in [2.05, 4.69) is 42.2 Å². The molecule has 0 fully saturated rings. The summed E-state index contributed by atoms with van der Waals surface area (Å²) >= 11 is 6.64. The molecule has 0 bridgehead atoms. The van der Waals surface area contributed by atoms with Crippen LogP contribution in [-0.2, 0) is 11.2 Å². The maximum absolute atomic E-state index is 12.1. The minimum Gasteiger partial charge on any atom is -0.481 e. The normalized spacial score (nSPS) is 10.2. The third-order valence-electron chi connectivity index (χ3n) is 2.54. The van der Waals surface area contributed by atoms with Gasteiger partial charge in [0.2, 0.25) is 0 Å². The molecule has 0 aliphatic rings. The van der Waals surface area contributed by atoms with E-state index >= 15 is 0 Å². The van der Waals surface area contributed by atoms with Gasteiger partial charge in [0.25, 0.3) is 5.91 Å². The first-order valence-electron chi connectivity index (χ1n) is 5.88. The number of nitrogens with zero attached hydrogens (tertiary/aromatic N) is 1. The lowest BCUT2D eigenvalue weighted by atomic mass is 10.2. The summed E-state index contributed by atoms with van der Waals surface area (Å²) in [5, 5.41) is 11.4. The summed E-state index contributed by atoms with van der Waals surface area (Å²) in [5.41, 5.74) is 1.43. The molecule has 2 N–H and O–H groups in total. The third kappa shape index (κ3) is 4.64. The van der Waals surface area contributed by atoms with Crippen LogP contribution in [0.5, 0.6) is 0 Å². The van der Waals surface area contributed by atoms with E-state index in [0.717, 1.165) is 8.95 Å². The van der Waals surface area contributed by atoms with Crippen molar-refractivity contribution in [3.8, 4) is 0 Å². The van der Waals surface area contributed by atoms with Gasteiger partial charge in [0, 0.05) is 14.5 Å². The van der Waals surface area contributed by atoms with Gasteiger partial charge < -0.3 is 10.4 Å². The predicted molar refractivity (Wildman–Crippen MR) is 85.4 cm³/mol. The summed E-state index contributed by atoms with van der Waals surface area (Å²) < 4.78 is 1.58. The Balaban J connectivity index is 2.10. The summed E-state index contributed by atoms with van der Waals surface area (Å²) in [7, 11) is 0. The van der Waals surface area contributed by atoms with Crippen molar-refractivity contribution in [2.24, 2.45) is 0 Å². The average molecular weight is 414 g/mol. The molecular weight excluding hydrogens is 404 g/mol. The SMILES string of the molecule is O=C(O)Cc1ccc(NC(=O)c2cc(Br)cc(Br)c2)cn1. The van der Waals surface area contributed by atoms with E-state index < -0.39 is 5.97 Å². The van der Waals surface area contributed by atoms with Crippen molar-refractivity contribution in [3.05, 3.63) is 56.7 Å². The van der Waals surface area contributed by atoms with Gasteiger partial charge in [-0.3, -0.25) is 14.6 Å². The van der Waals surface area contributed by atoms with Gasteiger partial charge in [0.1, 0.15) is 0 Å². The number of hydrogen-bond donors (Lipinski definition) is 2. The van der Waals surface area contributed by atoms with Gasteiger partial charge in [-0.15, -0.1) is 0 Å². The van der Waals surface area contributed by atoms with Crippen molar-refractivity contribution in [1.82, 2.24) is 4.98 Å². The topological polar surface area (TPSA) is 79.3 Å². The molecule has 0 atom stereocenters. The van der Waals surface area contributed by atoms with Crippen molar-refractivity contribution < 1.29 is 14.7 Å². The van der Waals surface area contributed by atoms with E-state index in [4.69, 9.17) is 5.11 Å². The molecule has 1 heterocycles. The maximum Gasteiger partial charge on any atom is 0.309 e. The van der Waals surface area contributed by atoms with Crippen LogP contribution in [0.25, 0.3) is 0 Å². The third-order valence-corrected chi connectivity index (χ3v) is 3.46. The highest BCUT2D eigenvalue weighted by atomic mass is 79.9. The van der Waals surface area contributed by atoms with Crippen LogP contribution in [-0.4, -0.2) is 22.0 Å². The molecule has 0 spiro atoms. The van der Waals surface area contributed by atoms with Gasteiger partial charge in [-0.05, 0) is 30.3 Å². The molecule has 0 unspecified atom stereocenters. The summed E-state index contributed by atoms with van der Waals surface area (Å²) in [6.07, 6.45) is 1.29. The molecular formula is C14H10Br2N2O3. The van der Waals surface area contributed by atoms with Crippen molar-refractivity contribution in [3.63, 3.8) is 0 Å². The second kappa shape index (κ2) is 6.82. The Morgan fingerprint density at radius 3 is 2.33 bits per heavy atom. The molecule has 0 aliphatic heterocycles. The number of carbonyl (C=O) groups excluding carboxylic acids is 1. The number of carbonyl (C=O) groups is 2. The molecule has 2 aromatic rings. The van der Waals surface area contributed by atoms with Gasteiger partial charge in [0.15, 0.2) is 0 Å². The summed E-state index contributed by atoms with van der Waals surface area (Å²) in [5.74, 6) is -1.22. The zero-order valence-electron chi connectivity index (χ0n) is 10.6. The highest BCUT2D eigenvalue weighted by Gasteiger charge is 2.09. The largest absolute Gasteiger partial charge is 0.481 e. The molecule has 1 aromatic heterocycles. The number of hydrogen-bond acceptors (Lipinski definition) is 3. The van der Waals surface area contributed by atoms with Crippen LogP contribution in [0.4, 0.5) is 5.69 Å². The first-order chi connectivity index (χ1) is 9.94. The van der Waals surface area contributed by atoms with E-state index in [-0.39, 0.29) is 12.3 Å². The van der Waals surface area contributed by atoms with Gasteiger partial charge >= 0.3 is 5.97 Å². The Bertz CT molecular complexity index is 667. The van der Waals surface area contributed by atoms with Crippen LogP contribution in [0.2, 0.25) is 0 Å². The molecule has 0 radical (unpaired) electrons. The molecule has 0 aliphatic carbocycles. The fourth-order valence-electron chi connectivity index (χ4n) is 1.65. The van der Waals surface area contributed by atoms with Crippen LogP contribution in [0.1, 0.15) is 16.1 Å². The van der Waals surface area contributed by atoms with Gasteiger partial charge in [-0.25, -0.2) is 0 Å². The monoisotopic (exact) mass is 412 g/mol. The van der Waals surface area contributed by atoms with Crippen LogP contribution in [0.15, 0.2) is 45.5 Å². The summed E-state index contributed by atoms with van der Waals surface area (Å²) in [6.45, 7) is 0. The number of aliphatic carboxylic acids is 1.